The third kappa shape index (κ3) is 3.91. The molecule has 0 aliphatic heterocycles. The Labute approximate surface area is 126 Å². The molecule has 4 nitrogen and oxygen atoms in total. The van der Waals surface area contributed by atoms with Gasteiger partial charge >= 0.3 is 4.87 Å². The molecule has 106 valence electrons. The predicted molar refractivity (Wildman–Crippen MR) is 85.7 cm³/mol. The number of hydrogen-bond donors (Lipinski definition) is 1. The Morgan fingerprint density at radius 2 is 2.10 bits per heavy atom. The van der Waals surface area contributed by atoms with Crippen molar-refractivity contribution >= 4 is 28.5 Å². The normalized spacial score (nSPS) is 10.4. The second-order valence-electron chi connectivity index (χ2n) is 4.43. The Kier molecular flexibility index (Phi) is 4.92. The lowest BCUT2D eigenvalue weighted by atomic mass is 10.1. The molecule has 1 aromatic carbocycles. The second kappa shape index (κ2) is 6.67. The van der Waals surface area contributed by atoms with Crippen molar-refractivity contribution < 1.29 is 4.74 Å². The Morgan fingerprint density at radius 1 is 1.40 bits per heavy atom. The van der Waals surface area contributed by atoms with Crippen LogP contribution in [0.3, 0.4) is 0 Å². The third-order valence-electron chi connectivity index (χ3n) is 2.86. The summed E-state index contributed by atoms with van der Waals surface area (Å²) in [4.78, 5) is 12.1. The minimum atomic E-state index is 0.0536. The number of hydrogen-bond acceptors (Lipinski definition) is 4. The van der Waals surface area contributed by atoms with Crippen molar-refractivity contribution in [2.75, 3.05) is 6.61 Å². The minimum absolute atomic E-state index is 0.0536. The van der Waals surface area contributed by atoms with Crippen LogP contribution in [0.2, 0.25) is 0 Å². The van der Waals surface area contributed by atoms with Gasteiger partial charge in [0.15, 0.2) is 0 Å². The van der Waals surface area contributed by atoms with Gasteiger partial charge in [0.25, 0.3) is 0 Å². The van der Waals surface area contributed by atoms with Gasteiger partial charge in [-0.25, -0.2) is 0 Å². The van der Waals surface area contributed by atoms with Gasteiger partial charge in [-0.1, -0.05) is 35.7 Å². The average molecular weight is 308 g/mol. The van der Waals surface area contributed by atoms with E-state index in [9.17, 15) is 4.79 Å². The number of benzene rings is 1. The molecule has 2 N–H and O–H groups in total. The highest BCUT2D eigenvalue weighted by Crippen LogP contribution is 2.13. The number of aromatic nitrogens is 1. The van der Waals surface area contributed by atoms with Crippen LogP contribution in [0.25, 0.3) is 0 Å². The number of rotatable bonds is 6. The van der Waals surface area contributed by atoms with Gasteiger partial charge in [-0.3, -0.25) is 9.36 Å². The molecule has 0 atom stereocenters. The zero-order valence-electron chi connectivity index (χ0n) is 11.2. The number of aryl methyl sites for hydroxylation is 1. The highest BCUT2D eigenvalue weighted by atomic mass is 32.1. The Bertz CT molecular complexity index is 644. The van der Waals surface area contributed by atoms with Crippen LogP contribution >= 0.6 is 23.6 Å². The number of nitrogens with two attached hydrogens (primary N) is 1. The molecule has 2 aromatic rings. The van der Waals surface area contributed by atoms with Crippen LogP contribution in [0.5, 0.6) is 5.75 Å². The summed E-state index contributed by atoms with van der Waals surface area (Å²) in [6, 6.07) is 7.65. The summed E-state index contributed by atoms with van der Waals surface area (Å²) in [5.74, 6) is 0.776. The van der Waals surface area contributed by atoms with Crippen molar-refractivity contribution in [1.29, 1.82) is 0 Å². The van der Waals surface area contributed by atoms with Gasteiger partial charge < -0.3 is 10.5 Å². The van der Waals surface area contributed by atoms with Crippen LogP contribution in [0, 0.1) is 6.92 Å². The molecule has 1 aromatic heterocycles. The third-order valence-corrected chi connectivity index (χ3v) is 3.89. The zero-order valence-corrected chi connectivity index (χ0v) is 12.8. The summed E-state index contributed by atoms with van der Waals surface area (Å²) < 4.78 is 7.34. The monoisotopic (exact) mass is 308 g/mol. The van der Waals surface area contributed by atoms with Crippen LogP contribution < -0.4 is 15.3 Å². The van der Waals surface area contributed by atoms with Gasteiger partial charge in [-0.15, -0.1) is 0 Å². The first-order valence-corrected chi connectivity index (χ1v) is 7.50. The van der Waals surface area contributed by atoms with E-state index in [1.807, 2.05) is 36.6 Å². The van der Waals surface area contributed by atoms with Crippen molar-refractivity contribution in [2.24, 2.45) is 5.73 Å². The maximum atomic E-state index is 11.5. The molecule has 0 saturated carbocycles. The molecule has 1 heterocycles. The average Bonchev–Trinajstić information content (AvgIpc) is 2.72. The SMILES string of the molecule is Cc1csc(=O)n1CCOc1ccc(CC(N)=S)cc1. The molecule has 0 radical (unpaired) electrons. The van der Waals surface area contributed by atoms with E-state index in [0.29, 0.717) is 24.6 Å². The maximum absolute atomic E-state index is 11.5. The molecule has 6 heteroatoms. The Hall–Kier alpha value is -1.66. The Balaban J connectivity index is 1.88. The van der Waals surface area contributed by atoms with Crippen LogP contribution in [-0.2, 0) is 13.0 Å². The van der Waals surface area contributed by atoms with E-state index in [1.165, 1.54) is 11.3 Å². The maximum Gasteiger partial charge on any atom is 0.307 e. The molecule has 0 saturated heterocycles. The summed E-state index contributed by atoms with van der Waals surface area (Å²) >= 11 is 6.08. The van der Waals surface area contributed by atoms with Gasteiger partial charge in [0.05, 0.1) is 11.5 Å². The molecule has 2 rings (SSSR count). The van der Waals surface area contributed by atoms with E-state index in [4.69, 9.17) is 22.7 Å². The molecular weight excluding hydrogens is 292 g/mol. The summed E-state index contributed by atoms with van der Waals surface area (Å²) in [6.07, 6.45) is 0.596. The molecule has 0 unspecified atom stereocenters. The van der Waals surface area contributed by atoms with Crippen LogP contribution in [0.15, 0.2) is 34.4 Å². The standard InChI is InChI=1S/C14H16N2O2S2/c1-10-9-20-14(17)16(10)6-7-18-12-4-2-11(3-5-12)8-13(15)19/h2-5,9H,6-8H2,1H3,(H2,15,19). The van der Waals surface area contributed by atoms with Gasteiger partial charge in [0, 0.05) is 17.5 Å². The quantitative estimate of drug-likeness (QED) is 0.831. The number of thiocarbonyl (C=S) groups is 1. The van der Waals surface area contributed by atoms with E-state index < -0.39 is 0 Å². The van der Waals surface area contributed by atoms with E-state index in [1.54, 1.807) is 4.57 Å². The van der Waals surface area contributed by atoms with Crippen molar-refractivity contribution in [3.05, 3.63) is 50.6 Å². The highest BCUT2D eigenvalue weighted by Gasteiger charge is 2.02. The topological polar surface area (TPSA) is 57.2 Å². The van der Waals surface area contributed by atoms with E-state index >= 15 is 0 Å². The first-order chi connectivity index (χ1) is 9.56. The van der Waals surface area contributed by atoms with Crippen LogP contribution in [0.4, 0.5) is 0 Å². The number of thiazole rings is 1. The van der Waals surface area contributed by atoms with Crippen molar-refractivity contribution in [1.82, 2.24) is 4.57 Å². The molecule has 0 fully saturated rings. The fourth-order valence-electron chi connectivity index (χ4n) is 1.83. The lowest BCUT2D eigenvalue weighted by molar-refractivity contribution is 0.296. The molecule has 0 bridgehead atoms. The minimum Gasteiger partial charge on any atom is -0.492 e. The van der Waals surface area contributed by atoms with Gasteiger partial charge in [0.2, 0.25) is 0 Å². The Morgan fingerprint density at radius 3 is 2.65 bits per heavy atom. The first kappa shape index (κ1) is 14.7. The van der Waals surface area contributed by atoms with Crippen molar-refractivity contribution in [2.45, 2.75) is 19.9 Å². The lowest BCUT2D eigenvalue weighted by Gasteiger charge is -2.08. The van der Waals surface area contributed by atoms with Gasteiger partial charge in [0.1, 0.15) is 12.4 Å². The summed E-state index contributed by atoms with van der Waals surface area (Å²) in [5, 5.41) is 1.85. The number of nitrogens with zero attached hydrogens (tertiary/aromatic N) is 1. The molecule has 0 aliphatic rings. The summed E-state index contributed by atoms with van der Waals surface area (Å²) in [5.41, 5.74) is 7.53. The largest absolute Gasteiger partial charge is 0.492 e. The summed E-state index contributed by atoms with van der Waals surface area (Å²) in [7, 11) is 0. The van der Waals surface area contributed by atoms with Gasteiger partial charge in [-0.2, -0.15) is 0 Å². The smallest absolute Gasteiger partial charge is 0.307 e. The molecule has 0 aliphatic carbocycles. The molecule has 0 spiro atoms. The van der Waals surface area contributed by atoms with E-state index in [-0.39, 0.29) is 4.87 Å². The fraction of sp³-hybridized carbons (Fsp3) is 0.286. The van der Waals surface area contributed by atoms with Gasteiger partial charge in [-0.05, 0) is 24.6 Å². The van der Waals surface area contributed by atoms with Crippen LogP contribution in [0.1, 0.15) is 11.3 Å². The van der Waals surface area contributed by atoms with Crippen molar-refractivity contribution in [3.8, 4) is 5.75 Å². The fourth-order valence-corrected chi connectivity index (χ4v) is 2.76. The van der Waals surface area contributed by atoms with E-state index in [0.717, 1.165) is 17.0 Å². The lowest BCUT2D eigenvalue weighted by Crippen LogP contribution is -2.19. The zero-order chi connectivity index (χ0) is 14.5. The summed E-state index contributed by atoms with van der Waals surface area (Å²) in [6.45, 7) is 2.94. The highest BCUT2D eigenvalue weighted by molar-refractivity contribution is 7.80. The van der Waals surface area contributed by atoms with E-state index in [2.05, 4.69) is 0 Å². The predicted octanol–water partition coefficient (Wildman–Crippen LogP) is 2.13. The molecule has 20 heavy (non-hydrogen) atoms. The van der Waals surface area contributed by atoms with Crippen LogP contribution in [-0.4, -0.2) is 16.2 Å². The number of ether oxygens (including phenoxy) is 1. The molecular formula is C14H16N2O2S2. The van der Waals surface area contributed by atoms with Crippen molar-refractivity contribution in [3.63, 3.8) is 0 Å². The first-order valence-electron chi connectivity index (χ1n) is 6.21. The molecule has 0 amide bonds. The second-order valence-corrected chi connectivity index (χ2v) is 5.78.